The zero-order valence-corrected chi connectivity index (χ0v) is 11.2. The van der Waals surface area contributed by atoms with E-state index in [1.165, 1.54) is 6.92 Å². The molecule has 0 saturated carbocycles. The fourth-order valence-corrected chi connectivity index (χ4v) is 2.06. The molecule has 0 spiro atoms. The van der Waals surface area contributed by atoms with E-state index >= 15 is 0 Å². The Hall–Kier alpha value is -2.48. The first-order chi connectivity index (χ1) is 10.5. The van der Waals surface area contributed by atoms with Crippen LogP contribution < -0.4 is 0 Å². The number of aromatic nitrogens is 2. The van der Waals surface area contributed by atoms with Crippen LogP contribution in [0, 0.1) is 0 Å². The normalized spacial score (nSPS) is 12.7. The maximum absolute atomic E-state index is 7.77. The van der Waals surface area contributed by atoms with Gasteiger partial charge in [-0.05, 0) is 30.6 Å². The number of rotatable bonds is 3. The summed E-state index contributed by atoms with van der Waals surface area (Å²) in [5.41, 5.74) is 4.02. The van der Waals surface area contributed by atoms with Crippen molar-refractivity contribution in [1.82, 2.24) is 9.97 Å². The van der Waals surface area contributed by atoms with Crippen molar-refractivity contribution in [2.75, 3.05) is 0 Å². The van der Waals surface area contributed by atoms with Crippen LogP contribution in [0.1, 0.15) is 15.4 Å². The molecule has 98 valence electrons. The number of hydrogen-bond donors (Lipinski definition) is 0. The van der Waals surface area contributed by atoms with Crippen LogP contribution in [-0.2, 0) is 6.37 Å². The minimum atomic E-state index is -1.45. The third-order valence-corrected chi connectivity index (χ3v) is 3.13. The lowest BCUT2D eigenvalue weighted by atomic mass is 10.1. The molecule has 0 unspecified atom stereocenters. The molecule has 0 radical (unpaired) electrons. The molecule has 0 bridgehead atoms. The Morgan fingerprint density at radius 1 is 0.850 bits per heavy atom. The van der Waals surface area contributed by atoms with Crippen molar-refractivity contribution in [3.8, 4) is 22.5 Å². The summed E-state index contributed by atoms with van der Waals surface area (Å²) in [6.45, 7) is 1.51. The largest absolute Gasteiger partial charge is 0.256 e. The first kappa shape index (κ1) is 10.3. The van der Waals surface area contributed by atoms with E-state index in [4.69, 9.17) is 2.74 Å². The Morgan fingerprint density at radius 2 is 1.70 bits per heavy atom. The van der Waals surface area contributed by atoms with Crippen LogP contribution >= 0.6 is 0 Å². The van der Waals surface area contributed by atoms with Gasteiger partial charge in [-0.25, -0.2) is 0 Å². The maximum Gasteiger partial charge on any atom is 0.0720 e. The Kier molecular flexibility index (Phi) is 2.92. The molecule has 2 heterocycles. The molecule has 2 heteroatoms. The maximum atomic E-state index is 7.77. The van der Waals surface area contributed by atoms with Gasteiger partial charge in [0.1, 0.15) is 0 Å². The molecule has 3 rings (SSSR count). The van der Waals surface area contributed by atoms with Crippen LogP contribution in [0.5, 0.6) is 0 Å². The van der Waals surface area contributed by atoms with Crippen LogP contribution in [0.3, 0.4) is 0 Å². The third-order valence-electron chi connectivity index (χ3n) is 3.13. The fourth-order valence-electron chi connectivity index (χ4n) is 2.06. The van der Waals surface area contributed by atoms with Gasteiger partial charge in [0.15, 0.2) is 0 Å². The summed E-state index contributed by atoms with van der Waals surface area (Å²) in [5, 5.41) is 0. The van der Waals surface area contributed by atoms with Crippen LogP contribution in [0.4, 0.5) is 0 Å². The Bertz CT molecular complexity index is 763. The summed E-state index contributed by atoms with van der Waals surface area (Å²) < 4.78 is 15.5. The van der Waals surface area contributed by atoms with E-state index in [1.54, 1.807) is 12.3 Å². The molecule has 2 nitrogen and oxygen atoms in total. The highest BCUT2D eigenvalue weighted by Crippen LogP contribution is 2.21. The molecule has 0 amide bonds. The van der Waals surface area contributed by atoms with E-state index in [9.17, 15) is 0 Å². The first-order valence-corrected chi connectivity index (χ1v) is 6.53. The van der Waals surface area contributed by atoms with Gasteiger partial charge in [0.25, 0.3) is 0 Å². The Labute approximate surface area is 122 Å². The van der Waals surface area contributed by atoms with Crippen LogP contribution in [0.25, 0.3) is 22.5 Å². The molecule has 0 aliphatic carbocycles. The highest BCUT2D eigenvalue weighted by atomic mass is 14.7. The topological polar surface area (TPSA) is 25.8 Å². The molecular weight excluding hydrogens is 244 g/mol. The first-order valence-electron chi connectivity index (χ1n) is 7.53. The summed E-state index contributed by atoms with van der Waals surface area (Å²) in [6, 6.07) is 19.3. The van der Waals surface area contributed by atoms with Gasteiger partial charge in [0.2, 0.25) is 0 Å². The van der Waals surface area contributed by atoms with Crippen LogP contribution in [0.2, 0.25) is 0 Å². The van der Waals surface area contributed by atoms with Gasteiger partial charge < -0.3 is 0 Å². The third kappa shape index (κ3) is 2.59. The summed E-state index contributed by atoms with van der Waals surface area (Å²) in [4.78, 5) is 8.89. The molecule has 1 aromatic carbocycles. The van der Waals surface area contributed by atoms with Crippen molar-refractivity contribution in [2.45, 2.75) is 13.3 Å². The number of hydrogen-bond acceptors (Lipinski definition) is 2. The number of aryl methyl sites for hydroxylation is 1. The second-order valence-corrected chi connectivity index (χ2v) is 4.46. The average Bonchev–Trinajstić information content (AvgIpc) is 2.55. The van der Waals surface area contributed by atoms with E-state index in [0.29, 0.717) is 5.69 Å². The monoisotopic (exact) mass is 262 g/mol. The molecule has 0 atom stereocenters. The van der Waals surface area contributed by atoms with Gasteiger partial charge in [-0.15, -0.1) is 0 Å². The Balaban J connectivity index is 1.94. The molecule has 0 N–H and O–H groups in total. The zero-order chi connectivity index (χ0) is 15.6. The van der Waals surface area contributed by atoms with Crippen LogP contribution in [-0.4, -0.2) is 9.97 Å². The molecule has 0 saturated heterocycles. The van der Waals surface area contributed by atoms with E-state index in [0.717, 1.165) is 22.5 Å². The lowest BCUT2D eigenvalue weighted by Crippen LogP contribution is -1.91. The molecule has 2 aromatic heterocycles. The van der Waals surface area contributed by atoms with Crippen molar-refractivity contribution in [2.24, 2.45) is 0 Å². The minimum absolute atomic E-state index is 0.428. The summed E-state index contributed by atoms with van der Waals surface area (Å²) in [7, 11) is 0. The summed E-state index contributed by atoms with van der Waals surface area (Å²) >= 11 is 0. The summed E-state index contributed by atoms with van der Waals surface area (Å²) in [6.07, 6.45) is 0.326. The van der Waals surface area contributed by atoms with Crippen molar-refractivity contribution in [1.29, 1.82) is 0 Å². The second kappa shape index (κ2) is 5.66. The van der Waals surface area contributed by atoms with E-state index in [1.807, 2.05) is 54.6 Å². The van der Waals surface area contributed by atoms with Gasteiger partial charge in [0.05, 0.1) is 11.4 Å². The average molecular weight is 262 g/mol. The Morgan fingerprint density at radius 3 is 2.40 bits per heavy atom. The van der Waals surface area contributed by atoms with Crippen molar-refractivity contribution < 1.29 is 2.74 Å². The fraction of sp³-hybridized carbons (Fsp3) is 0.111. The molecule has 0 fully saturated rings. The predicted octanol–water partition coefficient (Wildman–Crippen LogP) is 4.37. The van der Waals surface area contributed by atoms with Crippen LogP contribution in [0.15, 0.2) is 66.9 Å². The summed E-state index contributed by atoms with van der Waals surface area (Å²) in [5.74, 6) is 0. The molecular formula is C18H16N2. The minimum Gasteiger partial charge on any atom is -0.256 e. The molecule has 20 heavy (non-hydrogen) atoms. The zero-order valence-electron chi connectivity index (χ0n) is 13.2. The number of pyridine rings is 2. The standard InChI is InChI=1S/C18H16N2/c1-2-16-9-6-10-18(20-16)15-11-12-17(19-13-15)14-7-4-3-5-8-14/h3-13H,2H2,1H3/i2D2. The van der Waals surface area contributed by atoms with Gasteiger partial charge >= 0.3 is 0 Å². The molecule has 0 aliphatic heterocycles. The van der Waals surface area contributed by atoms with Gasteiger partial charge in [-0.1, -0.05) is 43.3 Å². The second-order valence-electron chi connectivity index (χ2n) is 4.46. The molecule has 0 aliphatic rings. The van der Waals surface area contributed by atoms with Crippen molar-refractivity contribution in [3.05, 3.63) is 72.6 Å². The number of nitrogens with zero attached hydrogens (tertiary/aromatic N) is 2. The highest BCUT2D eigenvalue weighted by molar-refractivity contribution is 5.64. The number of benzene rings is 1. The van der Waals surface area contributed by atoms with E-state index in [-0.39, 0.29) is 0 Å². The van der Waals surface area contributed by atoms with Crippen molar-refractivity contribution in [3.63, 3.8) is 0 Å². The smallest absolute Gasteiger partial charge is 0.0720 e. The van der Waals surface area contributed by atoms with E-state index < -0.39 is 6.37 Å². The SMILES string of the molecule is [2H]C([2H])(C)c1cccc(-c2ccc(-c3ccccc3)nc2)n1. The van der Waals surface area contributed by atoms with E-state index in [2.05, 4.69) is 9.97 Å². The van der Waals surface area contributed by atoms with Crippen molar-refractivity contribution >= 4 is 0 Å². The highest BCUT2D eigenvalue weighted by Gasteiger charge is 2.03. The lowest BCUT2D eigenvalue weighted by molar-refractivity contribution is 1.04. The quantitative estimate of drug-likeness (QED) is 0.700. The van der Waals surface area contributed by atoms with Gasteiger partial charge in [-0.3, -0.25) is 9.97 Å². The van der Waals surface area contributed by atoms with Gasteiger partial charge in [0, 0.05) is 25.8 Å². The molecule has 3 aromatic rings. The lowest BCUT2D eigenvalue weighted by Gasteiger charge is -2.05. The predicted molar refractivity (Wildman–Crippen MR) is 82.3 cm³/mol. The van der Waals surface area contributed by atoms with Gasteiger partial charge in [-0.2, -0.15) is 0 Å².